The minimum atomic E-state index is -0.188. The number of nitrogens with one attached hydrogen (secondary N) is 1. The lowest BCUT2D eigenvalue weighted by molar-refractivity contribution is 0.181. The molecule has 100 valence electrons. The Morgan fingerprint density at radius 1 is 1.56 bits per heavy atom. The zero-order chi connectivity index (χ0) is 13.0. The Bertz CT molecular complexity index is 397. The fourth-order valence-corrected chi connectivity index (χ4v) is 2.67. The molecule has 5 heteroatoms. The van der Waals surface area contributed by atoms with Crippen molar-refractivity contribution in [1.29, 1.82) is 0 Å². The van der Waals surface area contributed by atoms with Gasteiger partial charge in [0, 0.05) is 23.7 Å². The van der Waals surface area contributed by atoms with Gasteiger partial charge in [-0.1, -0.05) is 22.0 Å². The van der Waals surface area contributed by atoms with Gasteiger partial charge in [-0.2, -0.15) is 0 Å². The molecule has 0 radical (unpaired) electrons. The maximum atomic E-state index is 13.7. The van der Waals surface area contributed by atoms with Crippen LogP contribution in [0.1, 0.15) is 18.4 Å². The van der Waals surface area contributed by atoms with Gasteiger partial charge in [-0.25, -0.2) is 4.39 Å². The van der Waals surface area contributed by atoms with E-state index in [0.717, 1.165) is 30.5 Å². The average Bonchev–Trinajstić information content (AvgIpc) is 2.84. The molecular weight excluding hydrogens is 299 g/mol. The zero-order valence-corrected chi connectivity index (χ0v) is 11.7. The lowest BCUT2D eigenvalue weighted by Gasteiger charge is -2.19. The average molecular weight is 317 g/mol. The molecule has 1 aliphatic rings. The van der Waals surface area contributed by atoms with Crippen molar-refractivity contribution in [3.8, 4) is 0 Å². The second kappa shape index (κ2) is 6.61. The van der Waals surface area contributed by atoms with Crippen molar-refractivity contribution < 1.29 is 9.13 Å². The summed E-state index contributed by atoms with van der Waals surface area (Å²) in [6, 6.07) is 5.23. The molecule has 1 aromatic carbocycles. The summed E-state index contributed by atoms with van der Waals surface area (Å²) in [6.45, 7) is 1.62. The lowest BCUT2D eigenvalue weighted by Crippen LogP contribution is -2.38. The van der Waals surface area contributed by atoms with Gasteiger partial charge >= 0.3 is 0 Å². The Kier molecular flexibility index (Phi) is 5.12. The summed E-state index contributed by atoms with van der Waals surface area (Å²) in [4.78, 5) is 0. The third-order valence-corrected chi connectivity index (χ3v) is 3.85. The fraction of sp³-hybridized carbons (Fsp3) is 0.538. The molecule has 0 aromatic heterocycles. The van der Waals surface area contributed by atoms with Gasteiger partial charge in [-0.05, 0) is 42.9 Å². The van der Waals surface area contributed by atoms with Crippen LogP contribution in [0.2, 0.25) is 0 Å². The third-order valence-electron chi connectivity index (χ3n) is 3.36. The molecule has 2 rings (SSSR count). The first-order valence-electron chi connectivity index (χ1n) is 6.17. The number of hydrogen-bond acceptors (Lipinski definition) is 3. The highest BCUT2D eigenvalue weighted by Gasteiger charge is 2.21. The molecule has 0 aliphatic carbocycles. The Balaban J connectivity index is 1.96. The van der Waals surface area contributed by atoms with E-state index in [-0.39, 0.29) is 11.9 Å². The molecule has 1 aromatic rings. The van der Waals surface area contributed by atoms with Crippen molar-refractivity contribution in [2.24, 2.45) is 11.8 Å². The second-order valence-electron chi connectivity index (χ2n) is 4.77. The SMILES string of the molecule is NNC(Cc1ccc(Br)cc1F)CC1CCOC1. The Morgan fingerprint density at radius 2 is 2.39 bits per heavy atom. The molecule has 2 unspecified atom stereocenters. The van der Waals surface area contributed by atoms with Gasteiger partial charge in [0.1, 0.15) is 5.82 Å². The summed E-state index contributed by atoms with van der Waals surface area (Å²) in [5.41, 5.74) is 3.48. The lowest BCUT2D eigenvalue weighted by atomic mass is 9.95. The number of halogens is 2. The monoisotopic (exact) mass is 316 g/mol. The molecule has 1 fully saturated rings. The number of hydrogen-bond donors (Lipinski definition) is 2. The van der Waals surface area contributed by atoms with E-state index in [4.69, 9.17) is 10.6 Å². The van der Waals surface area contributed by atoms with Crippen LogP contribution in [0.4, 0.5) is 4.39 Å². The molecule has 0 amide bonds. The minimum absolute atomic E-state index is 0.0902. The first-order chi connectivity index (χ1) is 8.69. The molecule has 1 saturated heterocycles. The largest absolute Gasteiger partial charge is 0.381 e. The van der Waals surface area contributed by atoms with E-state index in [1.807, 2.05) is 6.07 Å². The first-order valence-corrected chi connectivity index (χ1v) is 6.96. The molecule has 0 bridgehead atoms. The van der Waals surface area contributed by atoms with Gasteiger partial charge in [0.15, 0.2) is 0 Å². The quantitative estimate of drug-likeness (QED) is 0.647. The van der Waals surface area contributed by atoms with E-state index in [2.05, 4.69) is 21.4 Å². The van der Waals surface area contributed by atoms with E-state index in [1.165, 1.54) is 6.07 Å². The highest BCUT2D eigenvalue weighted by Crippen LogP contribution is 2.21. The number of ether oxygens (including phenoxy) is 1. The molecule has 0 spiro atoms. The van der Waals surface area contributed by atoms with Crippen molar-refractivity contribution in [3.05, 3.63) is 34.1 Å². The summed E-state index contributed by atoms with van der Waals surface area (Å²) >= 11 is 3.25. The number of nitrogens with two attached hydrogens (primary N) is 1. The minimum Gasteiger partial charge on any atom is -0.381 e. The van der Waals surface area contributed by atoms with Crippen LogP contribution in [0.5, 0.6) is 0 Å². The molecule has 1 aliphatic heterocycles. The molecule has 1 heterocycles. The third kappa shape index (κ3) is 3.75. The number of hydrazine groups is 1. The molecule has 2 atom stereocenters. The van der Waals surface area contributed by atoms with Crippen LogP contribution in [0.25, 0.3) is 0 Å². The van der Waals surface area contributed by atoms with Crippen LogP contribution < -0.4 is 11.3 Å². The highest BCUT2D eigenvalue weighted by molar-refractivity contribution is 9.10. The fourth-order valence-electron chi connectivity index (χ4n) is 2.33. The Morgan fingerprint density at radius 3 is 3.00 bits per heavy atom. The smallest absolute Gasteiger partial charge is 0.127 e. The van der Waals surface area contributed by atoms with Gasteiger partial charge in [0.2, 0.25) is 0 Å². The molecule has 0 saturated carbocycles. The topological polar surface area (TPSA) is 47.3 Å². The van der Waals surface area contributed by atoms with Gasteiger partial charge in [0.05, 0.1) is 0 Å². The van der Waals surface area contributed by atoms with Crippen LogP contribution in [0.15, 0.2) is 22.7 Å². The molecule has 18 heavy (non-hydrogen) atoms. The van der Waals surface area contributed by atoms with Crippen molar-refractivity contribution in [2.75, 3.05) is 13.2 Å². The van der Waals surface area contributed by atoms with E-state index >= 15 is 0 Å². The van der Waals surface area contributed by atoms with Crippen LogP contribution in [0.3, 0.4) is 0 Å². The van der Waals surface area contributed by atoms with E-state index in [0.29, 0.717) is 17.9 Å². The summed E-state index contributed by atoms with van der Waals surface area (Å²) in [7, 11) is 0. The van der Waals surface area contributed by atoms with Gasteiger partial charge in [-0.15, -0.1) is 0 Å². The molecular formula is C13H18BrFN2O. The second-order valence-corrected chi connectivity index (χ2v) is 5.68. The summed E-state index contributed by atoms with van der Waals surface area (Å²) < 4.78 is 19.8. The maximum Gasteiger partial charge on any atom is 0.127 e. The van der Waals surface area contributed by atoms with Crippen LogP contribution in [-0.4, -0.2) is 19.3 Å². The summed E-state index contributed by atoms with van der Waals surface area (Å²) in [5.74, 6) is 5.90. The van der Waals surface area contributed by atoms with Crippen LogP contribution in [-0.2, 0) is 11.2 Å². The number of rotatable bonds is 5. The zero-order valence-electron chi connectivity index (χ0n) is 10.2. The van der Waals surface area contributed by atoms with E-state index in [9.17, 15) is 4.39 Å². The Hall–Kier alpha value is -0.490. The molecule has 3 nitrogen and oxygen atoms in total. The summed E-state index contributed by atoms with van der Waals surface area (Å²) in [5, 5.41) is 0. The number of benzene rings is 1. The van der Waals surface area contributed by atoms with Crippen molar-refractivity contribution >= 4 is 15.9 Å². The maximum absolute atomic E-state index is 13.7. The van der Waals surface area contributed by atoms with Crippen molar-refractivity contribution in [1.82, 2.24) is 5.43 Å². The predicted molar refractivity (Wildman–Crippen MR) is 72.5 cm³/mol. The van der Waals surface area contributed by atoms with Crippen LogP contribution >= 0.6 is 15.9 Å². The first kappa shape index (κ1) is 13.9. The van der Waals surface area contributed by atoms with Gasteiger partial charge in [-0.3, -0.25) is 11.3 Å². The standard InChI is InChI=1S/C13H18BrFN2O/c14-11-2-1-10(13(15)7-11)6-12(17-16)5-9-3-4-18-8-9/h1-2,7,9,12,17H,3-6,8,16H2. The van der Waals surface area contributed by atoms with Gasteiger partial charge < -0.3 is 4.74 Å². The van der Waals surface area contributed by atoms with Gasteiger partial charge in [0.25, 0.3) is 0 Å². The predicted octanol–water partition coefficient (Wildman–Crippen LogP) is 2.39. The van der Waals surface area contributed by atoms with Crippen molar-refractivity contribution in [2.45, 2.75) is 25.3 Å². The van der Waals surface area contributed by atoms with Crippen LogP contribution in [0, 0.1) is 11.7 Å². The highest BCUT2D eigenvalue weighted by atomic mass is 79.9. The summed E-state index contributed by atoms with van der Waals surface area (Å²) in [6.07, 6.45) is 2.60. The van der Waals surface area contributed by atoms with E-state index in [1.54, 1.807) is 6.07 Å². The van der Waals surface area contributed by atoms with Crippen molar-refractivity contribution in [3.63, 3.8) is 0 Å². The van der Waals surface area contributed by atoms with E-state index < -0.39 is 0 Å². The normalized spacial score (nSPS) is 21.2. The molecule has 3 N–H and O–H groups in total. The Labute approximate surface area is 115 Å².